The maximum Gasteiger partial charge on any atom is 0.258 e. The lowest BCUT2D eigenvalue weighted by Gasteiger charge is -2.09. The van der Waals surface area contributed by atoms with E-state index in [9.17, 15) is 4.79 Å². The number of carbonyl (C=O) groups is 1. The second-order valence-corrected chi connectivity index (χ2v) is 5.05. The standard InChI is InChI=1S/C18H17NO3/c1-19-16-7-5-4-6-14(16)15(18(19)20)10-12-8-9-13(21-2)11-17(12)22-3/h4-11H,1-3H3/b15-10+. The Hall–Kier alpha value is -2.75. The van der Waals surface area contributed by atoms with Crippen LogP contribution in [0.1, 0.15) is 11.1 Å². The number of ether oxygens (including phenoxy) is 2. The van der Waals surface area contributed by atoms with Crippen LogP contribution in [0.3, 0.4) is 0 Å². The highest BCUT2D eigenvalue weighted by Crippen LogP contribution is 2.38. The first-order valence-corrected chi connectivity index (χ1v) is 6.97. The Kier molecular flexibility index (Phi) is 3.59. The van der Waals surface area contributed by atoms with Crippen LogP contribution in [0.5, 0.6) is 11.5 Å². The predicted octanol–water partition coefficient (Wildman–Crippen LogP) is 3.22. The van der Waals surface area contributed by atoms with Crippen LogP contribution in [0, 0.1) is 0 Å². The number of fused-ring (bicyclic) bond motifs is 1. The van der Waals surface area contributed by atoms with Gasteiger partial charge in [-0.05, 0) is 24.3 Å². The number of rotatable bonds is 3. The first-order valence-electron chi connectivity index (χ1n) is 6.97. The average Bonchev–Trinajstić information content (AvgIpc) is 2.80. The number of methoxy groups -OCH3 is 2. The van der Waals surface area contributed by atoms with Crippen molar-refractivity contribution in [1.82, 2.24) is 0 Å². The number of anilines is 1. The van der Waals surface area contributed by atoms with Crippen molar-refractivity contribution in [2.45, 2.75) is 0 Å². The summed E-state index contributed by atoms with van der Waals surface area (Å²) in [5.41, 5.74) is 3.37. The lowest BCUT2D eigenvalue weighted by Crippen LogP contribution is -2.20. The smallest absolute Gasteiger partial charge is 0.258 e. The van der Waals surface area contributed by atoms with Gasteiger partial charge in [0.25, 0.3) is 5.91 Å². The van der Waals surface area contributed by atoms with E-state index in [2.05, 4.69) is 0 Å². The maximum atomic E-state index is 12.5. The molecule has 1 amide bonds. The Morgan fingerprint density at radius 2 is 1.82 bits per heavy atom. The Morgan fingerprint density at radius 3 is 2.55 bits per heavy atom. The second kappa shape index (κ2) is 5.56. The third-order valence-electron chi connectivity index (χ3n) is 3.83. The molecule has 2 aromatic rings. The van der Waals surface area contributed by atoms with Gasteiger partial charge in [-0.3, -0.25) is 4.79 Å². The molecule has 2 aromatic carbocycles. The minimum atomic E-state index is -0.0147. The number of carbonyl (C=O) groups excluding carboxylic acids is 1. The van der Waals surface area contributed by atoms with Crippen LogP contribution in [0.4, 0.5) is 5.69 Å². The number of benzene rings is 2. The average molecular weight is 295 g/mol. The highest BCUT2D eigenvalue weighted by molar-refractivity contribution is 6.35. The molecule has 0 atom stereocenters. The van der Waals surface area contributed by atoms with Crippen molar-refractivity contribution in [2.24, 2.45) is 0 Å². The summed E-state index contributed by atoms with van der Waals surface area (Å²) >= 11 is 0. The molecule has 0 aromatic heterocycles. The molecule has 0 aliphatic carbocycles. The van der Waals surface area contributed by atoms with Gasteiger partial charge in [-0.1, -0.05) is 18.2 Å². The summed E-state index contributed by atoms with van der Waals surface area (Å²) in [5, 5.41) is 0. The molecule has 0 unspecified atom stereocenters. The van der Waals surface area contributed by atoms with Gasteiger partial charge in [0, 0.05) is 29.8 Å². The third-order valence-corrected chi connectivity index (χ3v) is 3.83. The molecule has 1 heterocycles. The molecule has 1 aliphatic heterocycles. The van der Waals surface area contributed by atoms with E-state index < -0.39 is 0 Å². The van der Waals surface area contributed by atoms with Gasteiger partial charge < -0.3 is 14.4 Å². The Labute approximate surface area is 129 Å². The van der Waals surface area contributed by atoms with Crippen molar-refractivity contribution in [3.8, 4) is 11.5 Å². The number of amides is 1. The van der Waals surface area contributed by atoms with Crippen molar-refractivity contribution < 1.29 is 14.3 Å². The third kappa shape index (κ3) is 2.22. The van der Waals surface area contributed by atoms with Gasteiger partial charge in [0.05, 0.1) is 19.9 Å². The van der Waals surface area contributed by atoms with Gasteiger partial charge in [0.1, 0.15) is 11.5 Å². The lowest BCUT2D eigenvalue weighted by atomic mass is 10.0. The molecule has 3 rings (SSSR count). The fourth-order valence-electron chi connectivity index (χ4n) is 2.63. The highest BCUT2D eigenvalue weighted by Gasteiger charge is 2.29. The molecule has 0 spiro atoms. The monoisotopic (exact) mass is 295 g/mol. The van der Waals surface area contributed by atoms with Crippen LogP contribution in [-0.4, -0.2) is 27.2 Å². The summed E-state index contributed by atoms with van der Waals surface area (Å²) in [4.78, 5) is 14.1. The van der Waals surface area contributed by atoms with E-state index in [0.29, 0.717) is 17.1 Å². The summed E-state index contributed by atoms with van der Waals surface area (Å²) < 4.78 is 10.6. The Balaban J connectivity index is 2.11. The summed E-state index contributed by atoms with van der Waals surface area (Å²) in [6.07, 6.45) is 1.86. The topological polar surface area (TPSA) is 38.8 Å². The number of likely N-dealkylation sites (N-methyl/N-ethyl adjacent to an activating group) is 1. The van der Waals surface area contributed by atoms with E-state index in [0.717, 1.165) is 16.8 Å². The first kappa shape index (κ1) is 14.2. The summed E-state index contributed by atoms with van der Waals surface area (Å²) in [7, 11) is 5.00. The van der Waals surface area contributed by atoms with Crippen LogP contribution < -0.4 is 14.4 Å². The van der Waals surface area contributed by atoms with Crippen LogP contribution in [-0.2, 0) is 4.79 Å². The van der Waals surface area contributed by atoms with E-state index in [-0.39, 0.29) is 5.91 Å². The molecule has 0 radical (unpaired) electrons. The van der Waals surface area contributed by atoms with Crippen molar-refractivity contribution in [3.05, 3.63) is 53.6 Å². The van der Waals surface area contributed by atoms with Gasteiger partial charge >= 0.3 is 0 Å². The molecular weight excluding hydrogens is 278 g/mol. The molecule has 0 bridgehead atoms. The van der Waals surface area contributed by atoms with Gasteiger partial charge in [-0.2, -0.15) is 0 Å². The molecular formula is C18H17NO3. The van der Waals surface area contributed by atoms with E-state index in [4.69, 9.17) is 9.47 Å². The Bertz CT molecular complexity index is 765. The molecule has 112 valence electrons. The van der Waals surface area contributed by atoms with E-state index >= 15 is 0 Å². The summed E-state index contributed by atoms with van der Waals surface area (Å²) in [6.45, 7) is 0. The highest BCUT2D eigenvalue weighted by atomic mass is 16.5. The molecule has 0 saturated carbocycles. The molecule has 22 heavy (non-hydrogen) atoms. The SMILES string of the molecule is COc1ccc(/C=C2/C(=O)N(C)c3ccccc32)c(OC)c1. The zero-order valence-electron chi connectivity index (χ0n) is 12.8. The minimum Gasteiger partial charge on any atom is -0.497 e. The first-order chi connectivity index (χ1) is 10.7. The molecule has 1 aliphatic rings. The van der Waals surface area contributed by atoms with Crippen LogP contribution in [0.15, 0.2) is 42.5 Å². The lowest BCUT2D eigenvalue weighted by molar-refractivity contribution is -0.112. The van der Waals surface area contributed by atoms with Gasteiger partial charge in [0.2, 0.25) is 0 Å². The van der Waals surface area contributed by atoms with Gasteiger partial charge in [-0.15, -0.1) is 0 Å². The molecule has 0 fully saturated rings. The van der Waals surface area contributed by atoms with E-state index in [1.165, 1.54) is 0 Å². The molecule has 4 nitrogen and oxygen atoms in total. The second-order valence-electron chi connectivity index (χ2n) is 5.05. The van der Waals surface area contributed by atoms with Gasteiger partial charge in [0.15, 0.2) is 0 Å². The van der Waals surface area contributed by atoms with E-state index in [1.807, 2.05) is 42.5 Å². The molecule has 4 heteroatoms. The maximum absolute atomic E-state index is 12.5. The quantitative estimate of drug-likeness (QED) is 0.816. The summed E-state index contributed by atoms with van der Waals surface area (Å²) in [6, 6.07) is 13.3. The van der Waals surface area contributed by atoms with Crippen molar-refractivity contribution in [1.29, 1.82) is 0 Å². The predicted molar refractivity (Wildman–Crippen MR) is 87.3 cm³/mol. The van der Waals surface area contributed by atoms with Crippen molar-refractivity contribution in [3.63, 3.8) is 0 Å². The van der Waals surface area contributed by atoms with Crippen LogP contribution >= 0.6 is 0 Å². The fourth-order valence-corrected chi connectivity index (χ4v) is 2.63. The number of para-hydroxylation sites is 1. The van der Waals surface area contributed by atoms with E-state index in [1.54, 1.807) is 32.2 Å². The largest absolute Gasteiger partial charge is 0.497 e. The number of hydrogen-bond acceptors (Lipinski definition) is 3. The molecule has 0 N–H and O–H groups in total. The molecule has 0 saturated heterocycles. The van der Waals surface area contributed by atoms with Gasteiger partial charge in [-0.25, -0.2) is 0 Å². The minimum absolute atomic E-state index is 0.0147. The van der Waals surface area contributed by atoms with Crippen LogP contribution in [0.2, 0.25) is 0 Å². The summed E-state index contributed by atoms with van der Waals surface area (Å²) in [5.74, 6) is 1.38. The zero-order valence-corrected chi connectivity index (χ0v) is 12.8. The van der Waals surface area contributed by atoms with Crippen LogP contribution in [0.25, 0.3) is 11.6 Å². The van der Waals surface area contributed by atoms with Crippen molar-refractivity contribution in [2.75, 3.05) is 26.2 Å². The fraction of sp³-hybridized carbons (Fsp3) is 0.167. The number of nitrogens with zero attached hydrogens (tertiary/aromatic N) is 1. The normalized spacial score (nSPS) is 15.1. The zero-order chi connectivity index (χ0) is 15.7. The van der Waals surface area contributed by atoms with Crippen molar-refractivity contribution >= 4 is 23.2 Å². The Morgan fingerprint density at radius 1 is 1.05 bits per heavy atom. The number of hydrogen-bond donors (Lipinski definition) is 0.